The summed E-state index contributed by atoms with van der Waals surface area (Å²) in [6.45, 7) is 14.4. The summed E-state index contributed by atoms with van der Waals surface area (Å²) >= 11 is 0. The molecule has 1 aliphatic carbocycles. The molecule has 2 bridgehead atoms. The Balaban J connectivity index is 1.56. The predicted octanol–water partition coefficient (Wildman–Crippen LogP) is 5.27. The lowest BCUT2D eigenvalue weighted by atomic mass is 9.65. The third kappa shape index (κ3) is 4.11. The van der Waals surface area contributed by atoms with E-state index in [9.17, 15) is 9.59 Å². The Bertz CT molecular complexity index is 1020. The molecule has 1 aliphatic heterocycles. The zero-order chi connectivity index (χ0) is 22.6. The lowest BCUT2D eigenvalue weighted by molar-refractivity contribution is -0.154. The first-order valence-electron chi connectivity index (χ1n) is 11.5. The third-order valence-electron chi connectivity index (χ3n) is 7.09. The Morgan fingerprint density at radius 1 is 1.16 bits per heavy atom. The number of hydrogen-bond donors (Lipinski definition) is 0. The van der Waals surface area contributed by atoms with Gasteiger partial charge in [0.1, 0.15) is 0 Å². The van der Waals surface area contributed by atoms with Crippen LogP contribution in [0.2, 0.25) is 0 Å². The number of ether oxygens (including phenoxy) is 1. The second-order valence-corrected chi connectivity index (χ2v) is 11.5. The minimum Gasteiger partial charge on any atom is -0.466 e. The first-order valence-corrected chi connectivity index (χ1v) is 11.5. The first kappa shape index (κ1) is 21.9. The predicted molar refractivity (Wildman–Crippen MR) is 123 cm³/mol. The monoisotopic (exact) mass is 424 g/mol. The summed E-state index contributed by atoms with van der Waals surface area (Å²) in [5.41, 5.74) is 1.69. The van der Waals surface area contributed by atoms with E-state index < -0.39 is 5.41 Å². The molecule has 4 rings (SSSR count). The van der Waals surface area contributed by atoms with Crippen molar-refractivity contribution in [2.45, 2.75) is 73.4 Å². The highest BCUT2D eigenvalue weighted by atomic mass is 16.5. The fraction of sp³-hybridized carbons (Fsp3) is 0.615. The number of carbonyl (C=O) groups is 2. The van der Waals surface area contributed by atoms with Gasteiger partial charge in [-0.25, -0.2) is 0 Å². The summed E-state index contributed by atoms with van der Waals surface area (Å²) in [7, 11) is 0. The molecule has 1 amide bonds. The van der Waals surface area contributed by atoms with Crippen LogP contribution in [0.15, 0.2) is 30.5 Å². The normalized spacial score (nSPS) is 25.1. The molecule has 1 saturated carbocycles. The minimum absolute atomic E-state index is 0.146. The molecule has 2 atom stereocenters. The number of aromatic nitrogens is 1. The second-order valence-electron chi connectivity index (χ2n) is 11.5. The highest BCUT2D eigenvalue weighted by Gasteiger charge is 2.51. The average molecular weight is 425 g/mol. The van der Waals surface area contributed by atoms with Crippen molar-refractivity contribution < 1.29 is 14.3 Å². The molecule has 0 spiro atoms. The number of amides is 1. The highest BCUT2D eigenvalue weighted by Crippen LogP contribution is 2.52. The van der Waals surface area contributed by atoms with E-state index in [2.05, 4.69) is 30.2 Å². The van der Waals surface area contributed by atoms with Gasteiger partial charge in [-0.3, -0.25) is 9.59 Å². The van der Waals surface area contributed by atoms with Gasteiger partial charge in [-0.05, 0) is 75.1 Å². The summed E-state index contributed by atoms with van der Waals surface area (Å²) < 4.78 is 7.31. The summed E-state index contributed by atoms with van der Waals surface area (Å²) in [4.78, 5) is 27.9. The third-order valence-corrected chi connectivity index (χ3v) is 7.09. The molecule has 5 heteroatoms. The van der Waals surface area contributed by atoms with Gasteiger partial charge in [-0.1, -0.05) is 20.8 Å². The van der Waals surface area contributed by atoms with E-state index in [1.807, 2.05) is 51.2 Å². The Kier molecular flexibility index (Phi) is 5.22. The summed E-state index contributed by atoms with van der Waals surface area (Å²) in [6, 6.07) is 8.32. The van der Waals surface area contributed by atoms with Crippen molar-refractivity contribution in [1.82, 2.24) is 9.47 Å². The number of hydrogen-bond acceptors (Lipinski definition) is 3. The Labute approximate surface area is 185 Å². The van der Waals surface area contributed by atoms with Crippen LogP contribution in [0.3, 0.4) is 0 Å². The number of rotatable bonds is 5. The van der Waals surface area contributed by atoms with Gasteiger partial charge in [0.15, 0.2) is 0 Å². The van der Waals surface area contributed by atoms with Crippen molar-refractivity contribution in [1.29, 1.82) is 0 Å². The van der Waals surface area contributed by atoms with Crippen molar-refractivity contribution in [3.05, 3.63) is 36.0 Å². The van der Waals surface area contributed by atoms with E-state index in [0.717, 1.165) is 35.9 Å². The molecule has 2 unspecified atom stereocenters. The minimum atomic E-state index is -0.619. The highest BCUT2D eigenvalue weighted by molar-refractivity contribution is 5.98. The second kappa shape index (κ2) is 7.39. The van der Waals surface area contributed by atoms with Crippen molar-refractivity contribution in [3.63, 3.8) is 0 Å². The Hall–Kier alpha value is -2.30. The van der Waals surface area contributed by atoms with Crippen LogP contribution in [0.25, 0.3) is 10.9 Å². The summed E-state index contributed by atoms with van der Waals surface area (Å²) in [6.07, 6.45) is 5.37. The molecule has 2 fully saturated rings. The molecular weight excluding hydrogens is 388 g/mol. The van der Waals surface area contributed by atoms with Gasteiger partial charge in [0.2, 0.25) is 0 Å². The van der Waals surface area contributed by atoms with E-state index in [1.54, 1.807) is 0 Å². The van der Waals surface area contributed by atoms with Crippen molar-refractivity contribution in [3.8, 4) is 0 Å². The van der Waals surface area contributed by atoms with Crippen LogP contribution in [0.4, 0.5) is 0 Å². The van der Waals surface area contributed by atoms with Crippen molar-refractivity contribution >= 4 is 22.8 Å². The maximum atomic E-state index is 13.4. The number of benzene rings is 1. The van der Waals surface area contributed by atoms with Gasteiger partial charge >= 0.3 is 5.97 Å². The number of nitrogens with zero attached hydrogens (tertiary/aromatic N) is 2. The van der Waals surface area contributed by atoms with Crippen LogP contribution < -0.4 is 0 Å². The molecule has 0 N–H and O–H groups in total. The van der Waals surface area contributed by atoms with E-state index in [0.29, 0.717) is 24.6 Å². The topological polar surface area (TPSA) is 51.5 Å². The largest absolute Gasteiger partial charge is 0.466 e. The molecule has 0 radical (unpaired) electrons. The Morgan fingerprint density at radius 2 is 1.90 bits per heavy atom. The van der Waals surface area contributed by atoms with Crippen LogP contribution >= 0.6 is 0 Å². The van der Waals surface area contributed by atoms with Crippen LogP contribution in [0.5, 0.6) is 0 Å². The molecule has 1 aromatic heterocycles. The number of esters is 1. The van der Waals surface area contributed by atoms with Crippen LogP contribution in [-0.2, 0) is 16.1 Å². The zero-order valence-corrected chi connectivity index (χ0v) is 19.8. The van der Waals surface area contributed by atoms with Gasteiger partial charge in [-0.2, -0.15) is 0 Å². The van der Waals surface area contributed by atoms with Gasteiger partial charge in [0.25, 0.3) is 5.91 Å². The lowest BCUT2D eigenvalue weighted by Gasteiger charge is -2.39. The van der Waals surface area contributed by atoms with Crippen LogP contribution in [0.1, 0.15) is 71.2 Å². The standard InChI is InChI=1S/C26H36N2O3/c1-7-31-23(30)25(4,5)16-27-11-10-18-12-19(8-9-21(18)27)22(29)28-17-26(6)14-20(28)13-24(2,3)15-26/h8-12,20H,7,13-17H2,1-6H3. The van der Waals surface area contributed by atoms with E-state index >= 15 is 0 Å². The fourth-order valence-corrected chi connectivity index (χ4v) is 6.15. The lowest BCUT2D eigenvalue weighted by Crippen LogP contribution is -2.37. The molecule has 168 valence electrons. The average Bonchev–Trinajstić information content (AvgIpc) is 3.17. The molecular formula is C26H36N2O3. The number of fused-ring (bicyclic) bond motifs is 3. The van der Waals surface area contributed by atoms with Gasteiger partial charge in [0, 0.05) is 41.8 Å². The molecule has 1 aromatic carbocycles. The van der Waals surface area contributed by atoms with Crippen LogP contribution in [0, 0.1) is 16.2 Å². The van der Waals surface area contributed by atoms with Crippen molar-refractivity contribution in [2.75, 3.05) is 13.2 Å². The van der Waals surface area contributed by atoms with Gasteiger partial charge in [-0.15, -0.1) is 0 Å². The van der Waals surface area contributed by atoms with E-state index in [4.69, 9.17) is 4.74 Å². The van der Waals surface area contributed by atoms with Gasteiger partial charge in [0.05, 0.1) is 12.0 Å². The van der Waals surface area contributed by atoms with E-state index in [-0.39, 0.29) is 17.3 Å². The Morgan fingerprint density at radius 3 is 2.61 bits per heavy atom. The molecule has 2 aliphatic rings. The van der Waals surface area contributed by atoms with Gasteiger partial charge < -0.3 is 14.2 Å². The number of carbonyl (C=O) groups excluding carboxylic acids is 2. The number of likely N-dealkylation sites (tertiary alicyclic amines) is 1. The molecule has 1 saturated heterocycles. The molecule has 2 aromatic rings. The summed E-state index contributed by atoms with van der Waals surface area (Å²) in [5, 5.41) is 1.03. The molecule has 5 nitrogen and oxygen atoms in total. The zero-order valence-electron chi connectivity index (χ0n) is 19.8. The SMILES string of the molecule is CCOC(=O)C(C)(C)Cn1ccc2cc(C(=O)N3CC4(C)CC3CC(C)(C)C4)ccc21. The van der Waals surface area contributed by atoms with E-state index in [1.165, 1.54) is 6.42 Å². The van der Waals surface area contributed by atoms with Crippen LogP contribution in [-0.4, -0.2) is 40.5 Å². The molecule has 31 heavy (non-hydrogen) atoms. The maximum absolute atomic E-state index is 13.4. The fourth-order valence-electron chi connectivity index (χ4n) is 6.15. The maximum Gasteiger partial charge on any atom is 0.313 e. The quantitative estimate of drug-likeness (QED) is 0.614. The molecule has 2 heterocycles. The smallest absolute Gasteiger partial charge is 0.313 e. The first-order chi connectivity index (χ1) is 14.4. The van der Waals surface area contributed by atoms with Crippen molar-refractivity contribution in [2.24, 2.45) is 16.2 Å². The summed E-state index contributed by atoms with van der Waals surface area (Å²) in [5.74, 6) is -0.0480.